The van der Waals surface area contributed by atoms with Gasteiger partial charge in [-0.15, -0.1) is 6.58 Å². The van der Waals surface area contributed by atoms with E-state index in [1.54, 1.807) is 6.08 Å². The van der Waals surface area contributed by atoms with Crippen molar-refractivity contribution in [2.45, 2.75) is 13.8 Å². The van der Waals surface area contributed by atoms with E-state index in [9.17, 15) is 0 Å². The molecule has 0 aliphatic heterocycles. The zero-order valence-corrected chi connectivity index (χ0v) is 5.98. The summed E-state index contributed by atoms with van der Waals surface area (Å²) < 4.78 is 0. The van der Waals surface area contributed by atoms with Crippen LogP contribution in [0.15, 0.2) is 24.4 Å². The molecule has 0 saturated heterocycles. The van der Waals surface area contributed by atoms with Gasteiger partial charge in [-0.1, -0.05) is 12.2 Å². The highest BCUT2D eigenvalue weighted by Gasteiger charge is 1.80. The third-order valence-electron chi connectivity index (χ3n) is 0.867. The molecule has 2 nitrogen and oxygen atoms in total. The van der Waals surface area contributed by atoms with E-state index in [0.29, 0.717) is 6.61 Å². The molecule has 0 unspecified atom stereocenters. The van der Waals surface area contributed by atoms with Gasteiger partial charge in [0.2, 0.25) is 0 Å². The number of hydrogen-bond donors (Lipinski definition) is 1. The van der Waals surface area contributed by atoms with Gasteiger partial charge in [-0.2, -0.15) is 0 Å². The summed E-state index contributed by atoms with van der Waals surface area (Å²) in [6, 6.07) is 0. The average molecular weight is 127 g/mol. The first-order valence-electron chi connectivity index (χ1n) is 2.93. The molecule has 0 bridgehead atoms. The fraction of sp³-hybridized carbons (Fsp3) is 0.429. The van der Waals surface area contributed by atoms with Crippen molar-refractivity contribution in [1.82, 2.24) is 5.48 Å². The largest absolute Gasteiger partial charge is 0.272 e. The number of rotatable bonds is 4. The Balaban J connectivity index is 3.17. The van der Waals surface area contributed by atoms with Crippen molar-refractivity contribution >= 4 is 0 Å². The van der Waals surface area contributed by atoms with Gasteiger partial charge in [-0.3, -0.25) is 10.3 Å². The minimum atomic E-state index is 0.533. The van der Waals surface area contributed by atoms with E-state index >= 15 is 0 Å². The summed E-state index contributed by atoms with van der Waals surface area (Å²) in [5, 5.41) is 0. The van der Waals surface area contributed by atoms with Gasteiger partial charge in [-0.25, -0.2) is 0 Å². The molecule has 0 aliphatic carbocycles. The van der Waals surface area contributed by atoms with Crippen LogP contribution in [-0.4, -0.2) is 6.61 Å². The summed E-state index contributed by atoms with van der Waals surface area (Å²) in [5.74, 6) is 0. The second kappa shape index (κ2) is 5.38. The van der Waals surface area contributed by atoms with Crippen molar-refractivity contribution in [2.24, 2.45) is 0 Å². The summed E-state index contributed by atoms with van der Waals surface area (Å²) in [6.45, 7) is 7.91. The molecule has 0 spiro atoms. The Morgan fingerprint density at radius 2 is 2.44 bits per heavy atom. The summed E-state index contributed by atoms with van der Waals surface area (Å²) >= 11 is 0. The van der Waals surface area contributed by atoms with Crippen LogP contribution in [0.25, 0.3) is 0 Å². The zero-order valence-electron chi connectivity index (χ0n) is 5.98. The first kappa shape index (κ1) is 8.24. The highest BCUT2D eigenvalue weighted by atomic mass is 16.6. The standard InChI is InChI=1S/C7H13NO/c1-4-6-9-8-7(3)5-2/h4-5,8H,1,6H2,2-3H3/b7-5+. The SMILES string of the molecule is C=CCON/C(C)=C/C. The molecule has 0 fully saturated rings. The van der Waals surface area contributed by atoms with E-state index in [2.05, 4.69) is 12.1 Å². The molecule has 0 amide bonds. The molecule has 2 heteroatoms. The van der Waals surface area contributed by atoms with Crippen LogP contribution in [0, 0.1) is 0 Å². The molecule has 0 aromatic rings. The summed E-state index contributed by atoms with van der Waals surface area (Å²) in [4.78, 5) is 4.90. The Kier molecular flexibility index (Phi) is 4.92. The number of hydrogen-bond acceptors (Lipinski definition) is 2. The van der Waals surface area contributed by atoms with Crippen LogP contribution in [0.1, 0.15) is 13.8 Å². The van der Waals surface area contributed by atoms with Crippen molar-refractivity contribution in [3.8, 4) is 0 Å². The first-order chi connectivity index (χ1) is 4.31. The Bertz CT molecular complexity index is 107. The molecule has 0 radical (unpaired) electrons. The topological polar surface area (TPSA) is 21.3 Å². The molecule has 0 atom stereocenters. The smallest absolute Gasteiger partial charge is 0.0924 e. The molecule has 1 N–H and O–H groups in total. The average Bonchev–Trinajstić information content (AvgIpc) is 1.89. The van der Waals surface area contributed by atoms with Crippen LogP contribution in [0.4, 0.5) is 0 Å². The maximum atomic E-state index is 4.90. The number of nitrogens with one attached hydrogen (secondary N) is 1. The molecule has 0 aromatic heterocycles. The fourth-order valence-corrected chi connectivity index (χ4v) is 0.273. The van der Waals surface area contributed by atoms with Crippen molar-refractivity contribution < 1.29 is 4.84 Å². The lowest BCUT2D eigenvalue weighted by molar-refractivity contribution is 0.0863. The molecule has 0 aromatic carbocycles. The van der Waals surface area contributed by atoms with Gasteiger partial charge in [0, 0.05) is 5.70 Å². The van der Waals surface area contributed by atoms with E-state index in [0.717, 1.165) is 5.70 Å². The van der Waals surface area contributed by atoms with Gasteiger partial charge in [0.05, 0.1) is 6.61 Å². The highest BCUT2D eigenvalue weighted by Crippen LogP contribution is 1.83. The molecule has 0 heterocycles. The highest BCUT2D eigenvalue weighted by molar-refractivity contribution is 4.89. The second-order valence-corrected chi connectivity index (χ2v) is 1.67. The zero-order chi connectivity index (χ0) is 7.11. The minimum Gasteiger partial charge on any atom is -0.272 e. The van der Waals surface area contributed by atoms with Crippen LogP contribution in [0.2, 0.25) is 0 Å². The monoisotopic (exact) mass is 127 g/mol. The molecule has 0 rings (SSSR count). The van der Waals surface area contributed by atoms with Gasteiger partial charge in [-0.05, 0) is 13.8 Å². The summed E-state index contributed by atoms with van der Waals surface area (Å²) in [7, 11) is 0. The quantitative estimate of drug-likeness (QED) is 0.352. The lowest BCUT2D eigenvalue weighted by atomic mass is 10.5. The van der Waals surface area contributed by atoms with Crippen molar-refractivity contribution in [1.29, 1.82) is 0 Å². The third kappa shape index (κ3) is 5.11. The predicted molar refractivity (Wildman–Crippen MR) is 38.7 cm³/mol. The predicted octanol–water partition coefficient (Wildman–Crippen LogP) is 1.62. The molecule has 9 heavy (non-hydrogen) atoms. The summed E-state index contributed by atoms with van der Waals surface area (Å²) in [5.41, 5.74) is 3.73. The lowest BCUT2D eigenvalue weighted by Crippen LogP contribution is -2.11. The molecular weight excluding hydrogens is 114 g/mol. The van der Waals surface area contributed by atoms with E-state index in [1.807, 2.05) is 19.9 Å². The van der Waals surface area contributed by atoms with Crippen LogP contribution in [0.3, 0.4) is 0 Å². The Labute approximate surface area is 56.2 Å². The van der Waals surface area contributed by atoms with Crippen LogP contribution in [0.5, 0.6) is 0 Å². The number of hydroxylamine groups is 1. The molecule has 52 valence electrons. The third-order valence-corrected chi connectivity index (χ3v) is 0.867. The van der Waals surface area contributed by atoms with Gasteiger partial charge < -0.3 is 0 Å². The van der Waals surface area contributed by atoms with Gasteiger partial charge in [0.1, 0.15) is 0 Å². The number of allylic oxidation sites excluding steroid dienone is 2. The maximum Gasteiger partial charge on any atom is 0.0924 e. The van der Waals surface area contributed by atoms with Gasteiger partial charge >= 0.3 is 0 Å². The van der Waals surface area contributed by atoms with Crippen molar-refractivity contribution in [3.63, 3.8) is 0 Å². The van der Waals surface area contributed by atoms with Crippen molar-refractivity contribution in [2.75, 3.05) is 6.61 Å². The Morgan fingerprint density at radius 1 is 1.78 bits per heavy atom. The molecule has 0 saturated carbocycles. The van der Waals surface area contributed by atoms with Crippen LogP contribution >= 0.6 is 0 Å². The minimum absolute atomic E-state index is 0.533. The van der Waals surface area contributed by atoms with E-state index in [1.165, 1.54) is 0 Å². The Morgan fingerprint density at radius 3 is 2.89 bits per heavy atom. The fourth-order valence-electron chi connectivity index (χ4n) is 0.273. The first-order valence-corrected chi connectivity index (χ1v) is 2.93. The van der Waals surface area contributed by atoms with E-state index < -0.39 is 0 Å². The van der Waals surface area contributed by atoms with Gasteiger partial charge in [0.15, 0.2) is 0 Å². The van der Waals surface area contributed by atoms with E-state index in [4.69, 9.17) is 4.84 Å². The van der Waals surface area contributed by atoms with Gasteiger partial charge in [0.25, 0.3) is 0 Å². The Hall–Kier alpha value is -0.760. The van der Waals surface area contributed by atoms with Crippen molar-refractivity contribution in [3.05, 3.63) is 24.4 Å². The summed E-state index contributed by atoms with van der Waals surface area (Å²) in [6.07, 6.45) is 3.62. The van der Waals surface area contributed by atoms with E-state index in [-0.39, 0.29) is 0 Å². The molecular formula is C7H13NO. The lowest BCUT2D eigenvalue weighted by Gasteiger charge is -2.02. The second-order valence-electron chi connectivity index (χ2n) is 1.67. The maximum absolute atomic E-state index is 4.90. The molecule has 0 aliphatic rings. The normalized spacial score (nSPS) is 11.1. The van der Waals surface area contributed by atoms with Crippen LogP contribution < -0.4 is 5.48 Å². The van der Waals surface area contributed by atoms with Crippen LogP contribution in [-0.2, 0) is 4.84 Å².